The van der Waals surface area contributed by atoms with Gasteiger partial charge >= 0.3 is 12.1 Å². The van der Waals surface area contributed by atoms with Crippen molar-refractivity contribution in [1.82, 2.24) is 4.57 Å². The van der Waals surface area contributed by atoms with E-state index in [4.69, 9.17) is 27.9 Å². The van der Waals surface area contributed by atoms with Crippen molar-refractivity contribution in [1.29, 1.82) is 0 Å². The van der Waals surface area contributed by atoms with Gasteiger partial charge in [-0.25, -0.2) is 4.79 Å². The van der Waals surface area contributed by atoms with Crippen molar-refractivity contribution in [2.45, 2.75) is 46.4 Å². The van der Waals surface area contributed by atoms with Crippen LogP contribution in [0.3, 0.4) is 0 Å². The second-order valence-electron chi connectivity index (χ2n) is 8.42. The number of esters is 1. The lowest BCUT2D eigenvalue weighted by Crippen LogP contribution is -2.24. The summed E-state index contributed by atoms with van der Waals surface area (Å²) in [7, 11) is 0. The second kappa shape index (κ2) is 8.12. The van der Waals surface area contributed by atoms with E-state index in [1.807, 2.05) is 0 Å². The molecule has 0 radical (unpaired) electrons. The molecule has 0 N–H and O–H groups in total. The molecule has 170 valence electrons. The van der Waals surface area contributed by atoms with Gasteiger partial charge in [0.15, 0.2) is 0 Å². The van der Waals surface area contributed by atoms with Crippen LogP contribution in [0, 0.1) is 13.8 Å². The van der Waals surface area contributed by atoms with Crippen LogP contribution in [0.15, 0.2) is 30.3 Å². The smallest absolute Gasteiger partial charge is 0.417 e. The highest BCUT2D eigenvalue weighted by Crippen LogP contribution is 2.44. The number of aryl methyl sites for hydroxylation is 2. The van der Waals surface area contributed by atoms with Gasteiger partial charge in [-0.15, -0.1) is 0 Å². The van der Waals surface area contributed by atoms with Crippen molar-refractivity contribution >= 4 is 46.0 Å². The van der Waals surface area contributed by atoms with E-state index in [1.54, 1.807) is 20.8 Å². The van der Waals surface area contributed by atoms with E-state index in [9.17, 15) is 22.8 Å². The molecule has 1 aromatic heterocycles. The molecule has 0 saturated heterocycles. The number of carbonyl (C=O) groups is 2. The van der Waals surface area contributed by atoms with Gasteiger partial charge in [0.25, 0.3) is 5.91 Å². The zero-order valence-electron chi connectivity index (χ0n) is 17.9. The van der Waals surface area contributed by atoms with Crippen molar-refractivity contribution in [2.24, 2.45) is 0 Å². The van der Waals surface area contributed by atoms with Crippen LogP contribution in [0.25, 0.3) is 10.9 Å². The number of nitrogens with zero attached hydrogens (tertiary/aromatic N) is 1. The van der Waals surface area contributed by atoms with Crippen LogP contribution in [0.4, 0.5) is 13.2 Å². The zero-order valence-corrected chi connectivity index (χ0v) is 19.5. The number of alkyl halides is 3. The molecular weight excluding hydrogens is 466 g/mol. The Morgan fingerprint density at radius 3 is 2.16 bits per heavy atom. The third-order valence-electron chi connectivity index (χ3n) is 4.78. The average Bonchev–Trinajstić information content (AvgIpc) is 2.94. The maximum absolute atomic E-state index is 13.4. The van der Waals surface area contributed by atoms with Gasteiger partial charge < -0.3 is 4.74 Å². The van der Waals surface area contributed by atoms with E-state index in [2.05, 4.69) is 0 Å². The molecule has 0 amide bonds. The fourth-order valence-corrected chi connectivity index (χ4v) is 4.07. The number of aromatic nitrogens is 1. The number of halogens is 5. The minimum atomic E-state index is -4.66. The standard InChI is InChI=1S/C23H20Cl2F3NO3/c1-11-9-15(23(26,27)28)17(24)16-12(2)19(25)29(18(11)16)20(30)13-7-6-8-14(10-13)21(31)32-22(3,4)5/h6-10H,1-5H3. The summed E-state index contributed by atoms with van der Waals surface area (Å²) < 4.78 is 46.7. The first-order valence-electron chi connectivity index (χ1n) is 9.58. The second-order valence-corrected chi connectivity index (χ2v) is 9.15. The molecule has 3 aromatic rings. The molecule has 9 heteroatoms. The van der Waals surface area contributed by atoms with Crippen LogP contribution in [-0.4, -0.2) is 22.0 Å². The zero-order chi connectivity index (χ0) is 24.2. The minimum Gasteiger partial charge on any atom is -0.456 e. The van der Waals surface area contributed by atoms with Gasteiger partial charge in [-0.1, -0.05) is 29.3 Å². The average molecular weight is 486 g/mol. The molecule has 0 aliphatic carbocycles. The SMILES string of the molecule is Cc1c(Cl)n(C(=O)c2cccc(C(=O)OC(C)(C)C)c2)c2c(C)cc(C(F)(F)F)c(Cl)c12. The van der Waals surface area contributed by atoms with E-state index < -0.39 is 34.2 Å². The molecule has 0 aliphatic heterocycles. The quantitative estimate of drug-likeness (QED) is 0.359. The fraction of sp³-hybridized carbons (Fsp3) is 0.304. The number of carbonyl (C=O) groups excluding carboxylic acids is 2. The van der Waals surface area contributed by atoms with Crippen LogP contribution in [0.2, 0.25) is 10.2 Å². The van der Waals surface area contributed by atoms with Crippen molar-refractivity contribution < 1.29 is 27.5 Å². The number of rotatable bonds is 2. The number of hydrogen-bond acceptors (Lipinski definition) is 3. The summed E-state index contributed by atoms with van der Waals surface area (Å²) in [5.41, 5.74) is -0.843. The van der Waals surface area contributed by atoms with Crippen molar-refractivity contribution in [3.05, 3.63) is 68.3 Å². The molecule has 0 spiro atoms. The van der Waals surface area contributed by atoms with Crippen LogP contribution >= 0.6 is 23.2 Å². The topological polar surface area (TPSA) is 48.3 Å². The van der Waals surface area contributed by atoms with Crippen LogP contribution in [0.1, 0.15) is 58.2 Å². The van der Waals surface area contributed by atoms with Crippen LogP contribution in [-0.2, 0) is 10.9 Å². The summed E-state index contributed by atoms with van der Waals surface area (Å²) in [4.78, 5) is 25.8. The van der Waals surface area contributed by atoms with E-state index >= 15 is 0 Å². The molecule has 0 unspecified atom stereocenters. The molecule has 32 heavy (non-hydrogen) atoms. The Labute approximate surface area is 192 Å². The molecule has 0 aliphatic rings. The van der Waals surface area contributed by atoms with Gasteiger partial charge in [0.2, 0.25) is 0 Å². The fourth-order valence-electron chi connectivity index (χ4n) is 3.43. The lowest BCUT2D eigenvalue weighted by molar-refractivity contribution is -0.137. The van der Waals surface area contributed by atoms with Gasteiger partial charge in [0.1, 0.15) is 10.8 Å². The largest absolute Gasteiger partial charge is 0.456 e. The Morgan fingerprint density at radius 1 is 1.00 bits per heavy atom. The van der Waals surface area contributed by atoms with Gasteiger partial charge in [-0.05, 0) is 70.0 Å². The summed E-state index contributed by atoms with van der Waals surface area (Å²) in [6, 6.07) is 6.74. The predicted octanol–water partition coefficient (Wildman–Crippen LogP) is 7.23. The maximum Gasteiger partial charge on any atom is 0.417 e. The van der Waals surface area contributed by atoms with E-state index in [0.29, 0.717) is 0 Å². The van der Waals surface area contributed by atoms with Crippen LogP contribution in [0.5, 0.6) is 0 Å². The molecule has 0 bridgehead atoms. The van der Waals surface area contributed by atoms with Crippen molar-refractivity contribution in [3.63, 3.8) is 0 Å². The van der Waals surface area contributed by atoms with Gasteiger partial charge in [0, 0.05) is 10.9 Å². The molecule has 2 aromatic carbocycles. The van der Waals surface area contributed by atoms with Gasteiger partial charge in [0.05, 0.1) is 21.7 Å². The highest BCUT2D eigenvalue weighted by atomic mass is 35.5. The molecule has 0 saturated carbocycles. The molecular formula is C23H20Cl2F3NO3. The molecule has 0 atom stereocenters. The Morgan fingerprint density at radius 2 is 1.59 bits per heavy atom. The lowest BCUT2D eigenvalue weighted by atomic mass is 10.0. The monoisotopic (exact) mass is 485 g/mol. The summed E-state index contributed by atoms with van der Waals surface area (Å²) >= 11 is 12.5. The molecule has 1 heterocycles. The molecule has 0 fully saturated rings. The Hall–Kier alpha value is -2.51. The third-order valence-corrected chi connectivity index (χ3v) is 5.63. The summed E-state index contributed by atoms with van der Waals surface area (Å²) in [5.74, 6) is -1.22. The van der Waals surface area contributed by atoms with E-state index in [1.165, 1.54) is 38.1 Å². The van der Waals surface area contributed by atoms with Gasteiger partial charge in [-0.3, -0.25) is 9.36 Å². The number of benzene rings is 2. The van der Waals surface area contributed by atoms with Crippen molar-refractivity contribution in [3.8, 4) is 0 Å². The third kappa shape index (κ3) is 4.36. The number of hydrogen-bond donors (Lipinski definition) is 0. The van der Waals surface area contributed by atoms with E-state index in [-0.39, 0.29) is 38.3 Å². The highest BCUT2D eigenvalue weighted by molar-refractivity contribution is 6.39. The van der Waals surface area contributed by atoms with E-state index in [0.717, 1.165) is 10.6 Å². The van der Waals surface area contributed by atoms with Gasteiger partial charge in [-0.2, -0.15) is 13.2 Å². The molecule has 4 nitrogen and oxygen atoms in total. The minimum absolute atomic E-state index is 0.0561. The Kier molecular flexibility index (Phi) is 6.13. The Balaban J connectivity index is 2.18. The maximum atomic E-state index is 13.4. The first-order chi connectivity index (χ1) is 14.6. The predicted molar refractivity (Wildman–Crippen MR) is 118 cm³/mol. The number of ether oxygens (including phenoxy) is 1. The number of fused-ring (bicyclic) bond motifs is 1. The molecule has 3 rings (SSSR count). The first-order valence-corrected chi connectivity index (χ1v) is 10.3. The van der Waals surface area contributed by atoms with Crippen LogP contribution < -0.4 is 0 Å². The Bertz CT molecular complexity index is 1250. The highest BCUT2D eigenvalue weighted by Gasteiger charge is 2.36. The summed E-state index contributed by atoms with van der Waals surface area (Å²) in [5, 5.41) is -0.524. The first kappa shape index (κ1) is 24.1. The lowest BCUT2D eigenvalue weighted by Gasteiger charge is -2.19. The summed E-state index contributed by atoms with van der Waals surface area (Å²) in [6.07, 6.45) is -4.66. The van der Waals surface area contributed by atoms with Crippen molar-refractivity contribution in [2.75, 3.05) is 0 Å². The normalized spacial score (nSPS) is 12.3. The summed E-state index contributed by atoms with van der Waals surface area (Å²) in [6.45, 7) is 8.10.